The lowest BCUT2D eigenvalue weighted by Gasteiger charge is -2.20. The zero-order chi connectivity index (χ0) is 23.8. The fraction of sp³-hybridized carbons (Fsp3) is 0.217. The minimum Gasteiger partial charge on any atom is -0.494 e. The summed E-state index contributed by atoms with van der Waals surface area (Å²) in [5, 5.41) is 3.57. The van der Waals surface area contributed by atoms with Gasteiger partial charge in [0.05, 0.1) is 34.1 Å². The molecule has 0 bridgehead atoms. The monoisotopic (exact) mass is 487 g/mol. The number of hydrogen-bond acceptors (Lipinski definition) is 7. The Morgan fingerprint density at radius 1 is 1.00 bits per heavy atom. The number of amides is 1. The van der Waals surface area contributed by atoms with E-state index in [1.807, 2.05) is 19.2 Å². The number of rotatable bonds is 10. The summed E-state index contributed by atoms with van der Waals surface area (Å²) in [6, 6.07) is 16.3. The summed E-state index contributed by atoms with van der Waals surface area (Å²) in [5.41, 5.74) is 1.04. The molecular weight excluding hydrogens is 462 g/mol. The molecule has 0 saturated heterocycles. The standard InChI is InChI=1S/C23H25N3O5S2/c1-4-30-19-10-12-21(13-11-19)33(28,29)26(2)18-6-8-20(9-7-18)31-16-22(27)25-17-5-14-23(32-3)24-15-17/h5-15H,4,16H2,1-3H3,(H,25,27). The van der Waals surface area contributed by atoms with E-state index in [-0.39, 0.29) is 17.4 Å². The largest absolute Gasteiger partial charge is 0.494 e. The molecule has 0 unspecified atom stereocenters. The highest BCUT2D eigenvalue weighted by Crippen LogP contribution is 2.25. The fourth-order valence-corrected chi connectivity index (χ4v) is 4.40. The zero-order valence-corrected chi connectivity index (χ0v) is 20.2. The Hall–Kier alpha value is -3.24. The number of thioether (sulfide) groups is 1. The maximum atomic E-state index is 12.9. The predicted molar refractivity (Wildman–Crippen MR) is 130 cm³/mol. The van der Waals surface area contributed by atoms with E-state index < -0.39 is 10.0 Å². The Labute approximate surface area is 198 Å². The van der Waals surface area contributed by atoms with E-state index in [1.165, 1.54) is 35.2 Å². The number of carbonyl (C=O) groups is 1. The summed E-state index contributed by atoms with van der Waals surface area (Å²) in [7, 11) is -2.26. The van der Waals surface area contributed by atoms with Crippen molar-refractivity contribution in [3.05, 3.63) is 66.9 Å². The van der Waals surface area contributed by atoms with Crippen LogP contribution in [0.4, 0.5) is 11.4 Å². The maximum absolute atomic E-state index is 12.9. The SMILES string of the molecule is CCOc1ccc(S(=O)(=O)N(C)c2ccc(OCC(=O)Nc3ccc(SC)nc3)cc2)cc1. The Morgan fingerprint density at radius 2 is 1.64 bits per heavy atom. The second kappa shape index (κ2) is 11.1. The molecule has 10 heteroatoms. The van der Waals surface area contributed by atoms with Crippen molar-refractivity contribution in [2.75, 3.05) is 36.1 Å². The van der Waals surface area contributed by atoms with Gasteiger partial charge in [0.2, 0.25) is 0 Å². The number of anilines is 2. The zero-order valence-electron chi connectivity index (χ0n) is 18.5. The molecule has 2 aromatic carbocycles. The minimum absolute atomic E-state index is 0.158. The molecule has 1 aromatic heterocycles. The van der Waals surface area contributed by atoms with Gasteiger partial charge in [-0.2, -0.15) is 0 Å². The second-order valence-corrected chi connectivity index (χ2v) is 9.59. The lowest BCUT2D eigenvalue weighted by atomic mass is 10.3. The lowest BCUT2D eigenvalue weighted by molar-refractivity contribution is -0.118. The summed E-state index contributed by atoms with van der Waals surface area (Å²) in [4.78, 5) is 16.5. The topological polar surface area (TPSA) is 97.8 Å². The van der Waals surface area contributed by atoms with Crippen molar-refractivity contribution in [3.63, 3.8) is 0 Å². The van der Waals surface area contributed by atoms with Crippen molar-refractivity contribution >= 4 is 39.1 Å². The average Bonchev–Trinajstić information content (AvgIpc) is 2.83. The van der Waals surface area contributed by atoms with Crippen molar-refractivity contribution in [3.8, 4) is 11.5 Å². The summed E-state index contributed by atoms with van der Waals surface area (Å²) in [6.07, 6.45) is 3.51. The number of benzene rings is 2. The van der Waals surface area contributed by atoms with Crippen LogP contribution in [-0.2, 0) is 14.8 Å². The van der Waals surface area contributed by atoms with Crippen molar-refractivity contribution < 1.29 is 22.7 Å². The molecule has 33 heavy (non-hydrogen) atoms. The quantitative estimate of drug-likeness (QED) is 0.431. The molecule has 3 aromatic rings. The molecule has 0 saturated carbocycles. The van der Waals surface area contributed by atoms with Crippen LogP contribution in [0.1, 0.15) is 6.92 Å². The van der Waals surface area contributed by atoms with Crippen LogP contribution in [0.3, 0.4) is 0 Å². The second-order valence-electron chi connectivity index (χ2n) is 6.80. The molecule has 0 spiro atoms. The third kappa shape index (κ3) is 6.39. The molecule has 174 valence electrons. The Kier molecular flexibility index (Phi) is 8.18. The van der Waals surface area contributed by atoms with Gasteiger partial charge in [0.15, 0.2) is 6.61 Å². The first-order valence-corrected chi connectivity index (χ1v) is 12.7. The predicted octanol–water partition coefficient (Wildman–Crippen LogP) is 4.04. The number of pyridine rings is 1. The van der Waals surface area contributed by atoms with Gasteiger partial charge in [-0.15, -0.1) is 11.8 Å². The first-order chi connectivity index (χ1) is 15.8. The van der Waals surface area contributed by atoms with Crippen molar-refractivity contribution in [2.45, 2.75) is 16.8 Å². The molecule has 0 aliphatic carbocycles. The van der Waals surface area contributed by atoms with Crippen LogP contribution in [0.25, 0.3) is 0 Å². The first-order valence-electron chi connectivity index (χ1n) is 10.1. The summed E-state index contributed by atoms with van der Waals surface area (Å²) < 4.78 is 37.9. The van der Waals surface area contributed by atoms with Gasteiger partial charge in [-0.1, -0.05) is 0 Å². The molecule has 0 fully saturated rings. The van der Waals surface area contributed by atoms with Crippen LogP contribution in [0.15, 0.2) is 76.8 Å². The van der Waals surface area contributed by atoms with E-state index in [2.05, 4.69) is 10.3 Å². The normalized spacial score (nSPS) is 11.0. The molecule has 3 rings (SSSR count). The lowest BCUT2D eigenvalue weighted by Crippen LogP contribution is -2.26. The summed E-state index contributed by atoms with van der Waals surface area (Å²) >= 11 is 1.51. The number of aromatic nitrogens is 1. The molecular formula is C23H25N3O5S2. The van der Waals surface area contributed by atoms with Crippen LogP contribution in [0, 0.1) is 0 Å². The van der Waals surface area contributed by atoms with Crippen molar-refractivity contribution in [1.82, 2.24) is 4.98 Å². The molecule has 0 aliphatic rings. The molecule has 8 nitrogen and oxygen atoms in total. The van der Waals surface area contributed by atoms with E-state index in [4.69, 9.17) is 9.47 Å². The van der Waals surface area contributed by atoms with Crippen molar-refractivity contribution in [1.29, 1.82) is 0 Å². The number of hydrogen-bond donors (Lipinski definition) is 1. The molecule has 1 heterocycles. The third-order valence-corrected chi connectivity index (χ3v) is 7.05. The average molecular weight is 488 g/mol. The number of ether oxygens (including phenoxy) is 2. The number of nitrogens with one attached hydrogen (secondary N) is 1. The fourth-order valence-electron chi connectivity index (χ4n) is 2.84. The van der Waals surface area contributed by atoms with Gasteiger partial charge in [0, 0.05) is 7.05 Å². The Balaban J connectivity index is 1.58. The highest BCUT2D eigenvalue weighted by Gasteiger charge is 2.21. The van der Waals surface area contributed by atoms with E-state index in [0.29, 0.717) is 29.5 Å². The Morgan fingerprint density at radius 3 is 2.21 bits per heavy atom. The van der Waals surface area contributed by atoms with Gasteiger partial charge < -0.3 is 14.8 Å². The van der Waals surface area contributed by atoms with Crippen LogP contribution in [-0.4, -0.2) is 45.8 Å². The maximum Gasteiger partial charge on any atom is 0.264 e. The van der Waals surface area contributed by atoms with Gasteiger partial charge >= 0.3 is 0 Å². The summed E-state index contributed by atoms with van der Waals surface area (Å²) in [5.74, 6) is 0.725. The van der Waals surface area contributed by atoms with Gasteiger partial charge in [-0.25, -0.2) is 13.4 Å². The summed E-state index contributed by atoms with van der Waals surface area (Å²) in [6.45, 7) is 2.18. The van der Waals surface area contributed by atoms with E-state index in [1.54, 1.807) is 48.7 Å². The van der Waals surface area contributed by atoms with Gasteiger partial charge in [-0.05, 0) is 73.8 Å². The highest BCUT2D eigenvalue weighted by molar-refractivity contribution is 7.98. The third-order valence-electron chi connectivity index (χ3n) is 4.59. The highest BCUT2D eigenvalue weighted by atomic mass is 32.2. The van der Waals surface area contributed by atoms with Gasteiger partial charge in [0.25, 0.3) is 15.9 Å². The number of carbonyl (C=O) groups excluding carboxylic acids is 1. The molecule has 0 atom stereocenters. The van der Waals surface area contributed by atoms with Gasteiger partial charge in [-0.3, -0.25) is 9.10 Å². The van der Waals surface area contributed by atoms with Crippen LogP contribution in [0.2, 0.25) is 0 Å². The van der Waals surface area contributed by atoms with Crippen molar-refractivity contribution in [2.24, 2.45) is 0 Å². The minimum atomic E-state index is -3.74. The molecule has 1 N–H and O–H groups in total. The number of nitrogens with zero attached hydrogens (tertiary/aromatic N) is 2. The smallest absolute Gasteiger partial charge is 0.264 e. The first kappa shape index (κ1) is 24.4. The Bertz CT molecular complexity index is 1170. The van der Waals surface area contributed by atoms with Crippen LogP contribution < -0.4 is 19.1 Å². The van der Waals surface area contributed by atoms with E-state index >= 15 is 0 Å². The van der Waals surface area contributed by atoms with E-state index in [0.717, 1.165) is 5.03 Å². The van der Waals surface area contributed by atoms with Crippen LogP contribution in [0.5, 0.6) is 11.5 Å². The van der Waals surface area contributed by atoms with Crippen LogP contribution >= 0.6 is 11.8 Å². The van der Waals surface area contributed by atoms with E-state index in [9.17, 15) is 13.2 Å². The molecule has 0 radical (unpaired) electrons. The molecule has 0 aliphatic heterocycles. The number of sulfonamides is 1. The molecule has 1 amide bonds. The van der Waals surface area contributed by atoms with Gasteiger partial charge in [0.1, 0.15) is 11.5 Å².